The smallest absolute Gasteiger partial charge is 0.253 e. The first-order chi connectivity index (χ1) is 10.5. The molecule has 2 aromatic heterocycles. The highest BCUT2D eigenvalue weighted by atomic mass is 16.1. The van der Waals surface area contributed by atoms with E-state index in [1.54, 1.807) is 6.20 Å². The summed E-state index contributed by atoms with van der Waals surface area (Å²) in [7, 11) is 3.85. The van der Waals surface area contributed by atoms with Crippen molar-refractivity contribution in [2.45, 2.75) is 32.4 Å². The lowest BCUT2D eigenvalue weighted by molar-refractivity contribution is 0.0927. The van der Waals surface area contributed by atoms with Crippen LogP contribution in [0.15, 0.2) is 24.5 Å². The monoisotopic (exact) mass is 299 g/mol. The fourth-order valence-electron chi connectivity index (χ4n) is 2.76. The molecule has 6 heteroatoms. The molecule has 116 valence electrons. The summed E-state index contributed by atoms with van der Waals surface area (Å²) in [5.74, 6) is 1.89. The third-order valence-electron chi connectivity index (χ3n) is 3.92. The van der Waals surface area contributed by atoms with Gasteiger partial charge in [0, 0.05) is 45.5 Å². The highest BCUT2D eigenvalue weighted by molar-refractivity contribution is 5.94. The molecule has 3 rings (SSSR count). The number of anilines is 1. The average molecular weight is 299 g/mol. The number of aromatic nitrogens is 3. The van der Waals surface area contributed by atoms with E-state index in [0.29, 0.717) is 5.56 Å². The van der Waals surface area contributed by atoms with Crippen LogP contribution in [0.4, 0.5) is 5.82 Å². The number of fused-ring (bicyclic) bond motifs is 1. The van der Waals surface area contributed by atoms with Crippen LogP contribution in [0.3, 0.4) is 0 Å². The van der Waals surface area contributed by atoms with Gasteiger partial charge in [0.25, 0.3) is 5.91 Å². The topological polar surface area (TPSA) is 63.1 Å². The number of carbonyl (C=O) groups excluding carboxylic acids is 1. The van der Waals surface area contributed by atoms with Crippen molar-refractivity contribution >= 4 is 11.7 Å². The molecule has 0 bridgehead atoms. The Kier molecular flexibility index (Phi) is 3.83. The van der Waals surface area contributed by atoms with Crippen molar-refractivity contribution in [3.05, 3.63) is 41.6 Å². The van der Waals surface area contributed by atoms with Crippen molar-refractivity contribution in [1.29, 1.82) is 0 Å². The maximum absolute atomic E-state index is 12.3. The molecule has 0 aromatic carbocycles. The van der Waals surface area contributed by atoms with Crippen LogP contribution in [0, 0.1) is 6.92 Å². The molecule has 0 fully saturated rings. The van der Waals surface area contributed by atoms with E-state index < -0.39 is 0 Å². The molecule has 1 N–H and O–H groups in total. The van der Waals surface area contributed by atoms with Gasteiger partial charge in [0.1, 0.15) is 11.6 Å². The first kappa shape index (κ1) is 14.6. The summed E-state index contributed by atoms with van der Waals surface area (Å²) in [6.45, 7) is 2.78. The average Bonchev–Trinajstić information content (AvgIpc) is 2.86. The summed E-state index contributed by atoms with van der Waals surface area (Å²) in [5, 5.41) is 3.09. The van der Waals surface area contributed by atoms with Crippen LogP contribution in [0.25, 0.3) is 0 Å². The lowest BCUT2D eigenvalue weighted by Gasteiger charge is -2.24. The highest BCUT2D eigenvalue weighted by Crippen LogP contribution is 2.16. The Morgan fingerprint density at radius 2 is 2.23 bits per heavy atom. The maximum Gasteiger partial charge on any atom is 0.253 e. The lowest BCUT2D eigenvalue weighted by atomic mass is 10.1. The minimum atomic E-state index is -0.0666. The van der Waals surface area contributed by atoms with Gasteiger partial charge in [0.05, 0.1) is 11.3 Å². The summed E-state index contributed by atoms with van der Waals surface area (Å²) in [4.78, 5) is 23.0. The van der Waals surface area contributed by atoms with E-state index in [4.69, 9.17) is 0 Å². The van der Waals surface area contributed by atoms with Crippen molar-refractivity contribution in [2.75, 3.05) is 19.0 Å². The van der Waals surface area contributed by atoms with Gasteiger partial charge in [-0.05, 0) is 25.5 Å². The number of imidazole rings is 1. The van der Waals surface area contributed by atoms with E-state index in [1.807, 2.05) is 44.2 Å². The zero-order valence-corrected chi connectivity index (χ0v) is 13.2. The standard InChI is InChI=1S/C16H21N5O/c1-11-9-21-10-13(5-7-15(21)18-11)19-16(22)12-4-6-14(17-8-12)20(2)3/h4,6,8-9,13H,5,7,10H2,1-3H3,(H,19,22)/t13-/m0/s1. The van der Waals surface area contributed by atoms with Gasteiger partial charge in [-0.15, -0.1) is 0 Å². The third-order valence-corrected chi connectivity index (χ3v) is 3.92. The van der Waals surface area contributed by atoms with Crippen LogP contribution in [-0.2, 0) is 13.0 Å². The van der Waals surface area contributed by atoms with Crippen LogP contribution >= 0.6 is 0 Å². The molecule has 0 saturated carbocycles. The number of pyridine rings is 1. The van der Waals surface area contributed by atoms with Crippen LogP contribution in [-0.4, -0.2) is 40.6 Å². The second-order valence-corrected chi connectivity index (χ2v) is 5.96. The maximum atomic E-state index is 12.3. The molecule has 2 aromatic rings. The first-order valence-electron chi connectivity index (χ1n) is 7.50. The Morgan fingerprint density at radius 1 is 1.41 bits per heavy atom. The van der Waals surface area contributed by atoms with E-state index in [-0.39, 0.29) is 11.9 Å². The van der Waals surface area contributed by atoms with Gasteiger partial charge in [0.15, 0.2) is 0 Å². The van der Waals surface area contributed by atoms with Crippen LogP contribution in [0.5, 0.6) is 0 Å². The van der Waals surface area contributed by atoms with Crippen molar-refractivity contribution < 1.29 is 4.79 Å². The molecule has 1 aliphatic heterocycles. The second kappa shape index (κ2) is 5.79. The Labute approximate surface area is 130 Å². The van der Waals surface area contributed by atoms with E-state index in [9.17, 15) is 4.79 Å². The number of nitrogens with one attached hydrogen (secondary N) is 1. The van der Waals surface area contributed by atoms with Crippen molar-refractivity contribution in [2.24, 2.45) is 0 Å². The number of hydrogen-bond acceptors (Lipinski definition) is 4. The Bertz CT molecular complexity index is 674. The number of aryl methyl sites for hydroxylation is 2. The van der Waals surface area contributed by atoms with Crippen LogP contribution in [0.2, 0.25) is 0 Å². The largest absolute Gasteiger partial charge is 0.363 e. The minimum Gasteiger partial charge on any atom is -0.363 e. The molecule has 3 heterocycles. The summed E-state index contributed by atoms with van der Waals surface area (Å²) < 4.78 is 2.14. The number of carbonyl (C=O) groups is 1. The van der Waals surface area contributed by atoms with Gasteiger partial charge in [-0.25, -0.2) is 9.97 Å². The molecule has 0 radical (unpaired) electrons. The van der Waals surface area contributed by atoms with Gasteiger partial charge in [-0.3, -0.25) is 4.79 Å². The zero-order valence-electron chi connectivity index (χ0n) is 13.2. The van der Waals surface area contributed by atoms with E-state index in [1.165, 1.54) is 0 Å². The molecule has 0 unspecified atom stereocenters. The molecule has 6 nitrogen and oxygen atoms in total. The Hall–Kier alpha value is -2.37. The molecule has 1 atom stereocenters. The minimum absolute atomic E-state index is 0.0666. The Balaban J connectivity index is 1.65. The first-order valence-corrected chi connectivity index (χ1v) is 7.50. The molecule has 0 spiro atoms. The lowest BCUT2D eigenvalue weighted by Crippen LogP contribution is -2.40. The van der Waals surface area contributed by atoms with Gasteiger partial charge in [-0.1, -0.05) is 0 Å². The van der Waals surface area contributed by atoms with Gasteiger partial charge < -0.3 is 14.8 Å². The number of hydrogen-bond donors (Lipinski definition) is 1. The molecular weight excluding hydrogens is 278 g/mol. The summed E-state index contributed by atoms with van der Waals surface area (Å²) in [5.41, 5.74) is 1.63. The summed E-state index contributed by atoms with van der Waals surface area (Å²) in [6, 6.07) is 3.81. The van der Waals surface area contributed by atoms with Crippen molar-refractivity contribution in [3.8, 4) is 0 Å². The fourth-order valence-corrected chi connectivity index (χ4v) is 2.76. The molecule has 0 saturated heterocycles. The van der Waals surface area contributed by atoms with E-state index in [0.717, 1.165) is 36.7 Å². The second-order valence-electron chi connectivity index (χ2n) is 5.96. The summed E-state index contributed by atoms with van der Waals surface area (Å²) in [6.07, 6.45) is 5.49. The normalized spacial score (nSPS) is 17.0. The molecular formula is C16H21N5O. The van der Waals surface area contributed by atoms with Gasteiger partial charge >= 0.3 is 0 Å². The summed E-state index contributed by atoms with van der Waals surface area (Å²) >= 11 is 0. The zero-order chi connectivity index (χ0) is 15.7. The molecule has 22 heavy (non-hydrogen) atoms. The van der Waals surface area contributed by atoms with Gasteiger partial charge in [0.2, 0.25) is 0 Å². The molecule has 1 aliphatic rings. The predicted molar refractivity (Wildman–Crippen MR) is 85.1 cm³/mol. The highest BCUT2D eigenvalue weighted by Gasteiger charge is 2.21. The van der Waals surface area contributed by atoms with Gasteiger partial charge in [-0.2, -0.15) is 0 Å². The number of nitrogens with zero attached hydrogens (tertiary/aromatic N) is 4. The number of amides is 1. The number of rotatable bonds is 3. The molecule has 0 aliphatic carbocycles. The predicted octanol–water partition coefficient (Wildman–Crippen LogP) is 1.40. The quantitative estimate of drug-likeness (QED) is 0.930. The Morgan fingerprint density at radius 3 is 2.91 bits per heavy atom. The van der Waals surface area contributed by atoms with Crippen molar-refractivity contribution in [3.63, 3.8) is 0 Å². The third kappa shape index (κ3) is 2.95. The molecule has 1 amide bonds. The van der Waals surface area contributed by atoms with Crippen LogP contribution < -0.4 is 10.2 Å². The SMILES string of the molecule is Cc1cn2c(n1)CC[C@H](NC(=O)c1ccc(N(C)C)nc1)C2. The van der Waals surface area contributed by atoms with Crippen LogP contribution in [0.1, 0.15) is 28.3 Å². The fraction of sp³-hybridized carbons (Fsp3) is 0.438. The van der Waals surface area contributed by atoms with Crippen molar-refractivity contribution in [1.82, 2.24) is 19.9 Å². The van der Waals surface area contributed by atoms with E-state index >= 15 is 0 Å². The van der Waals surface area contributed by atoms with E-state index in [2.05, 4.69) is 19.9 Å².